The van der Waals surface area contributed by atoms with Gasteiger partial charge in [0.15, 0.2) is 0 Å². The lowest BCUT2D eigenvalue weighted by Gasteiger charge is -2.38. The molecule has 1 aromatic carbocycles. The fraction of sp³-hybridized carbons (Fsp3) is 0.500. The summed E-state index contributed by atoms with van der Waals surface area (Å²) in [7, 11) is 0. The van der Waals surface area contributed by atoms with Crippen LogP contribution < -0.4 is 0 Å². The zero-order chi connectivity index (χ0) is 14.8. The number of rotatable bonds is 2. The minimum atomic E-state index is -0.490. The average molecular weight is 290 g/mol. The van der Waals surface area contributed by atoms with Crippen LogP contribution in [0.3, 0.4) is 0 Å². The van der Waals surface area contributed by atoms with E-state index in [4.69, 9.17) is 0 Å². The largest absolute Gasteiger partial charge is 0.339 e. The van der Waals surface area contributed by atoms with Gasteiger partial charge < -0.3 is 9.80 Å². The van der Waals surface area contributed by atoms with E-state index in [1.54, 1.807) is 17.0 Å². The van der Waals surface area contributed by atoms with Crippen molar-refractivity contribution < 1.29 is 14.0 Å². The van der Waals surface area contributed by atoms with E-state index in [9.17, 15) is 14.0 Å². The van der Waals surface area contributed by atoms with E-state index in [-0.39, 0.29) is 23.3 Å². The molecular formula is C16H19FN2O2. The number of amides is 2. The first-order valence-corrected chi connectivity index (χ1v) is 7.49. The predicted molar refractivity (Wildman–Crippen MR) is 76.2 cm³/mol. The molecule has 2 fully saturated rings. The highest BCUT2D eigenvalue weighted by atomic mass is 19.1. The van der Waals surface area contributed by atoms with Gasteiger partial charge in [-0.05, 0) is 25.0 Å². The SMILES string of the molecule is O=C(c1ccccc1F)N1CCN(C(=O)C2CCC2)CC1. The van der Waals surface area contributed by atoms with Crippen molar-refractivity contribution in [1.29, 1.82) is 0 Å². The number of benzene rings is 1. The van der Waals surface area contributed by atoms with Gasteiger partial charge in [-0.25, -0.2) is 4.39 Å². The van der Waals surface area contributed by atoms with Gasteiger partial charge in [0.05, 0.1) is 5.56 Å². The fourth-order valence-electron chi connectivity index (χ4n) is 2.85. The lowest BCUT2D eigenvalue weighted by atomic mass is 9.84. The number of halogens is 1. The molecule has 0 unspecified atom stereocenters. The van der Waals surface area contributed by atoms with Crippen molar-refractivity contribution in [3.63, 3.8) is 0 Å². The second-order valence-electron chi connectivity index (χ2n) is 5.73. The van der Waals surface area contributed by atoms with Crippen molar-refractivity contribution in [2.24, 2.45) is 5.92 Å². The van der Waals surface area contributed by atoms with Crippen molar-refractivity contribution in [1.82, 2.24) is 9.80 Å². The Labute approximate surface area is 123 Å². The molecule has 4 nitrogen and oxygen atoms in total. The second kappa shape index (κ2) is 5.84. The molecule has 0 aromatic heterocycles. The molecule has 1 aliphatic heterocycles. The van der Waals surface area contributed by atoms with Crippen LogP contribution in [0.4, 0.5) is 4.39 Å². The average Bonchev–Trinajstić information content (AvgIpc) is 2.45. The Bertz CT molecular complexity index is 549. The Balaban J connectivity index is 1.59. The smallest absolute Gasteiger partial charge is 0.256 e. The Hall–Kier alpha value is -1.91. The summed E-state index contributed by atoms with van der Waals surface area (Å²) in [5.74, 6) is -0.364. The topological polar surface area (TPSA) is 40.6 Å². The maximum atomic E-state index is 13.6. The molecule has 1 saturated carbocycles. The monoisotopic (exact) mass is 290 g/mol. The van der Waals surface area contributed by atoms with Gasteiger partial charge in [0.1, 0.15) is 5.82 Å². The van der Waals surface area contributed by atoms with E-state index in [1.807, 2.05) is 4.90 Å². The van der Waals surface area contributed by atoms with Crippen molar-refractivity contribution >= 4 is 11.8 Å². The van der Waals surface area contributed by atoms with Gasteiger partial charge in [-0.3, -0.25) is 9.59 Å². The number of carbonyl (C=O) groups is 2. The van der Waals surface area contributed by atoms with Gasteiger partial charge in [-0.15, -0.1) is 0 Å². The summed E-state index contributed by atoms with van der Waals surface area (Å²) in [4.78, 5) is 27.9. The quantitative estimate of drug-likeness (QED) is 0.835. The summed E-state index contributed by atoms with van der Waals surface area (Å²) < 4.78 is 13.6. The van der Waals surface area contributed by atoms with E-state index >= 15 is 0 Å². The third kappa shape index (κ3) is 2.77. The van der Waals surface area contributed by atoms with Crippen LogP contribution in [0.15, 0.2) is 24.3 Å². The van der Waals surface area contributed by atoms with Gasteiger partial charge >= 0.3 is 0 Å². The van der Waals surface area contributed by atoms with Gasteiger partial charge in [-0.1, -0.05) is 18.6 Å². The van der Waals surface area contributed by atoms with Crippen molar-refractivity contribution in [2.75, 3.05) is 26.2 Å². The van der Waals surface area contributed by atoms with E-state index in [0.717, 1.165) is 19.3 Å². The fourth-order valence-corrected chi connectivity index (χ4v) is 2.85. The minimum Gasteiger partial charge on any atom is -0.339 e. The van der Waals surface area contributed by atoms with Crippen LogP contribution in [0.2, 0.25) is 0 Å². The van der Waals surface area contributed by atoms with E-state index < -0.39 is 5.82 Å². The van der Waals surface area contributed by atoms with Crippen molar-refractivity contribution in [3.8, 4) is 0 Å². The molecule has 5 heteroatoms. The lowest BCUT2D eigenvalue weighted by molar-refractivity contribution is -0.139. The summed E-state index contributed by atoms with van der Waals surface area (Å²) in [5.41, 5.74) is 0.108. The first-order chi connectivity index (χ1) is 10.2. The number of piperazine rings is 1. The van der Waals surface area contributed by atoms with E-state index in [1.165, 1.54) is 12.1 Å². The highest BCUT2D eigenvalue weighted by Crippen LogP contribution is 2.28. The molecule has 3 rings (SSSR count). The molecule has 2 amide bonds. The molecule has 0 bridgehead atoms. The van der Waals surface area contributed by atoms with Gasteiger partial charge in [0.2, 0.25) is 5.91 Å². The summed E-state index contributed by atoms with van der Waals surface area (Å²) >= 11 is 0. The maximum Gasteiger partial charge on any atom is 0.256 e. The predicted octanol–water partition coefficient (Wildman–Crippen LogP) is 1.91. The third-order valence-corrected chi connectivity index (χ3v) is 4.44. The van der Waals surface area contributed by atoms with Crippen molar-refractivity contribution in [3.05, 3.63) is 35.6 Å². The molecule has 21 heavy (non-hydrogen) atoms. The van der Waals surface area contributed by atoms with Crippen LogP contribution in [0.5, 0.6) is 0 Å². The zero-order valence-electron chi connectivity index (χ0n) is 11.9. The van der Waals surface area contributed by atoms with Crippen LogP contribution in [-0.4, -0.2) is 47.8 Å². The van der Waals surface area contributed by atoms with Crippen LogP contribution in [0.1, 0.15) is 29.6 Å². The highest BCUT2D eigenvalue weighted by molar-refractivity contribution is 5.94. The summed E-state index contributed by atoms with van der Waals surface area (Å²) in [6, 6.07) is 6.03. The lowest BCUT2D eigenvalue weighted by Crippen LogP contribution is -2.52. The van der Waals surface area contributed by atoms with Gasteiger partial charge in [-0.2, -0.15) is 0 Å². The molecule has 0 radical (unpaired) electrons. The van der Waals surface area contributed by atoms with Crippen LogP contribution in [0.25, 0.3) is 0 Å². The van der Waals surface area contributed by atoms with E-state index in [0.29, 0.717) is 26.2 Å². The Morgan fingerprint density at radius 1 is 1.00 bits per heavy atom. The number of hydrogen-bond acceptors (Lipinski definition) is 2. The molecule has 0 spiro atoms. The Morgan fingerprint density at radius 2 is 1.62 bits per heavy atom. The Kier molecular flexibility index (Phi) is 3.90. The summed E-state index contributed by atoms with van der Waals surface area (Å²) in [6.07, 6.45) is 3.13. The minimum absolute atomic E-state index is 0.108. The number of nitrogens with zero attached hydrogens (tertiary/aromatic N) is 2. The van der Waals surface area contributed by atoms with Crippen molar-refractivity contribution in [2.45, 2.75) is 19.3 Å². The second-order valence-corrected chi connectivity index (χ2v) is 5.73. The standard InChI is InChI=1S/C16H19FN2O2/c17-14-7-2-1-6-13(14)16(21)19-10-8-18(9-11-19)15(20)12-4-3-5-12/h1-2,6-7,12H,3-5,8-11H2. The van der Waals surface area contributed by atoms with Crippen LogP contribution in [-0.2, 0) is 4.79 Å². The molecule has 1 saturated heterocycles. The zero-order valence-corrected chi connectivity index (χ0v) is 11.9. The maximum absolute atomic E-state index is 13.6. The molecule has 1 aliphatic carbocycles. The van der Waals surface area contributed by atoms with E-state index in [2.05, 4.69) is 0 Å². The molecule has 2 aliphatic rings. The summed E-state index contributed by atoms with van der Waals surface area (Å²) in [6.45, 7) is 2.06. The van der Waals surface area contributed by atoms with Gasteiger partial charge in [0, 0.05) is 32.1 Å². The molecular weight excluding hydrogens is 271 g/mol. The highest BCUT2D eigenvalue weighted by Gasteiger charge is 2.32. The molecule has 0 atom stereocenters. The van der Waals surface area contributed by atoms with Crippen LogP contribution >= 0.6 is 0 Å². The molecule has 1 heterocycles. The third-order valence-electron chi connectivity index (χ3n) is 4.44. The first kappa shape index (κ1) is 14.0. The normalized spacial score (nSPS) is 19.3. The molecule has 112 valence electrons. The van der Waals surface area contributed by atoms with Gasteiger partial charge in [0.25, 0.3) is 5.91 Å². The molecule has 1 aromatic rings. The van der Waals surface area contributed by atoms with Crippen LogP contribution in [0, 0.1) is 11.7 Å². The Morgan fingerprint density at radius 3 is 2.19 bits per heavy atom. The number of hydrogen-bond donors (Lipinski definition) is 0. The first-order valence-electron chi connectivity index (χ1n) is 7.49. The molecule has 0 N–H and O–H groups in total. The number of carbonyl (C=O) groups excluding carboxylic acids is 2. The summed E-state index contributed by atoms with van der Waals surface area (Å²) in [5, 5.41) is 0.